The Morgan fingerprint density at radius 2 is 2.19 bits per heavy atom. The molecule has 0 radical (unpaired) electrons. The lowest BCUT2D eigenvalue weighted by molar-refractivity contribution is 0.0959. The van der Waals surface area contributed by atoms with Gasteiger partial charge in [-0.15, -0.1) is 22.7 Å². The standard InChI is InChI=1S/C15H15N3OS2/c1-9-18-10(8-20-9)6-7-17-15(19)14-13(16)11-4-2-3-5-12(11)21-14/h2-5,8H,6-7,16H2,1H3,(H,17,19). The Bertz CT molecular complexity index is 791. The Kier molecular flexibility index (Phi) is 3.90. The van der Waals surface area contributed by atoms with E-state index in [9.17, 15) is 4.79 Å². The summed E-state index contributed by atoms with van der Waals surface area (Å²) in [5.74, 6) is -0.111. The lowest BCUT2D eigenvalue weighted by Gasteiger charge is -2.03. The summed E-state index contributed by atoms with van der Waals surface area (Å²) in [5.41, 5.74) is 7.65. The Morgan fingerprint density at radius 1 is 1.38 bits per heavy atom. The minimum Gasteiger partial charge on any atom is -0.397 e. The maximum Gasteiger partial charge on any atom is 0.263 e. The molecule has 6 heteroatoms. The minimum absolute atomic E-state index is 0.111. The number of rotatable bonds is 4. The van der Waals surface area contributed by atoms with Gasteiger partial charge in [0.15, 0.2) is 0 Å². The van der Waals surface area contributed by atoms with Crippen molar-refractivity contribution in [2.45, 2.75) is 13.3 Å². The molecular formula is C15H15N3OS2. The molecule has 2 heterocycles. The molecule has 4 nitrogen and oxygen atoms in total. The van der Waals surface area contributed by atoms with E-state index in [1.54, 1.807) is 11.3 Å². The highest BCUT2D eigenvalue weighted by atomic mass is 32.1. The molecule has 1 aromatic carbocycles. The smallest absolute Gasteiger partial charge is 0.263 e. The topological polar surface area (TPSA) is 68.0 Å². The first-order valence-electron chi connectivity index (χ1n) is 6.61. The first kappa shape index (κ1) is 14.0. The van der Waals surface area contributed by atoms with Crippen molar-refractivity contribution in [2.24, 2.45) is 0 Å². The zero-order valence-corrected chi connectivity index (χ0v) is 13.2. The second kappa shape index (κ2) is 5.83. The highest BCUT2D eigenvalue weighted by molar-refractivity contribution is 7.21. The van der Waals surface area contributed by atoms with E-state index in [0.29, 0.717) is 17.1 Å². The quantitative estimate of drug-likeness (QED) is 0.776. The molecule has 0 fully saturated rings. The molecule has 0 unspecified atom stereocenters. The van der Waals surface area contributed by atoms with Crippen LogP contribution in [0.4, 0.5) is 5.69 Å². The van der Waals surface area contributed by atoms with Gasteiger partial charge in [0.2, 0.25) is 0 Å². The van der Waals surface area contributed by atoms with E-state index in [4.69, 9.17) is 5.73 Å². The van der Waals surface area contributed by atoms with E-state index in [2.05, 4.69) is 10.3 Å². The zero-order chi connectivity index (χ0) is 14.8. The van der Waals surface area contributed by atoms with E-state index < -0.39 is 0 Å². The summed E-state index contributed by atoms with van der Waals surface area (Å²) in [4.78, 5) is 17.2. The van der Waals surface area contributed by atoms with Gasteiger partial charge in [-0.3, -0.25) is 4.79 Å². The van der Waals surface area contributed by atoms with Crippen molar-refractivity contribution in [1.82, 2.24) is 10.3 Å². The van der Waals surface area contributed by atoms with Crippen LogP contribution in [0.5, 0.6) is 0 Å². The zero-order valence-electron chi connectivity index (χ0n) is 11.6. The summed E-state index contributed by atoms with van der Waals surface area (Å²) >= 11 is 3.06. The van der Waals surface area contributed by atoms with Gasteiger partial charge in [-0.1, -0.05) is 18.2 Å². The fourth-order valence-electron chi connectivity index (χ4n) is 2.14. The van der Waals surface area contributed by atoms with Crippen LogP contribution in [0, 0.1) is 6.92 Å². The molecule has 0 aliphatic heterocycles. The highest BCUT2D eigenvalue weighted by Gasteiger charge is 2.15. The summed E-state index contributed by atoms with van der Waals surface area (Å²) in [6.07, 6.45) is 0.737. The van der Waals surface area contributed by atoms with Crippen molar-refractivity contribution in [3.63, 3.8) is 0 Å². The molecule has 3 aromatic rings. The fourth-order valence-corrected chi connectivity index (χ4v) is 3.83. The van der Waals surface area contributed by atoms with Gasteiger partial charge in [-0.05, 0) is 13.0 Å². The van der Waals surface area contributed by atoms with Crippen LogP contribution in [0.3, 0.4) is 0 Å². The molecule has 21 heavy (non-hydrogen) atoms. The van der Waals surface area contributed by atoms with Gasteiger partial charge in [0, 0.05) is 28.4 Å². The van der Waals surface area contributed by atoms with Crippen molar-refractivity contribution >= 4 is 44.4 Å². The van der Waals surface area contributed by atoms with Crippen LogP contribution < -0.4 is 11.1 Å². The molecule has 0 spiro atoms. The van der Waals surface area contributed by atoms with E-state index >= 15 is 0 Å². The molecule has 0 saturated carbocycles. The number of thiophene rings is 1. The van der Waals surface area contributed by atoms with Crippen molar-refractivity contribution in [3.8, 4) is 0 Å². The first-order valence-corrected chi connectivity index (χ1v) is 8.31. The number of amides is 1. The number of aromatic nitrogens is 1. The van der Waals surface area contributed by atoms with Crippen LogP contribution in [0.1, 0.15) is 20.4 Å². The number of anilines is 1. The van der Waals surface area contributed by atoms with Crippen LogP contribution in [-0.4, -0.2) is 17.4 Å². The SMILES string of the molecule is Cc1nc(CCNC(=O)c2sc3ccccc3c2N)cs1. The molecule has 0 bridgehead atoms. The van der Waals surface area contributed by atoms with Gasteiger partial charge in [0.25, 0.3) is 5.91 Å². The number of nitrogens with two attached hydrogens (primary N) is 1. The summed E-state index contributed by atoms with van der Waals surface area (Å²) in [6, 6.07) is 7.80. The van der Waals surface area contributed by atoms with Crippen LogP contribution in [0.25, 0.3) is 10.1 Å². The van der Waals surface area contributed by atoms with Gasteiger partial charge >= 0.3 is 0 Å². The van der Waals surface area contributed by atoms with E-state index in [-0.39, 0.29) is 5.91 Å². The van der Waals surface area contributed by atoms with Gasteiger partial charge < -0.3 is 11.1 Å². The Balaban J connectivity index is 1.68. The van der Waals surface area contributed by atoms with Crippen molar-refractivity contribution < 1.29 is 4.79 Å². The number of carbonyl (C=O) groups is 1. The highest BCUT2D eigenvalue weighted by Crippen LogP contribution is 2.33. The third-order valence-electron chi connectivity index (χ3n) is 3.17. The first-order chi connectivity index (χ1) is 10.1. The molecule has 0 aliphatic carbocycles. The maximum atomic E-state index is 12.2. The summed E-state index contributed by atoms with van der Waals surface area (Å²) < 4.78 is 1.04. The third-order valence-corrected chi connectivity index (χ3v) is 5.18. The molecule has 2 aromatic heterocycles. The monoisotopic (exact) mass is 317 g/mol. The number of hydrogen-bond acceptors (Lipinski definition) is 5. The Labute approximate surface area is 130 Å². The summed E-state index contributed by atoms with van der Waals surface area (Å²) in [7, 11) is 0. The van der Waals surface area contributed by atoms with Gasteiger partial charge in [0.1, 0.15) is 4.88 Å². The molecule has 3 rings (SSSR count). The number of thiazole rings is 1. The molecule has 1 amide bonds. The minimum atomic E-state index is -0.111. The molecule has 0 aliphatic rings. The number of fused-ring (bicyclic) bond motifs is 1. The van der Waals surface area contributed by atoms with Gasteiger partial charge in [0.05, 0.1) is 16.4 Å². The molecule has 3 N–H and O–H groups in total. The molecule has 0 saturated heterocycles. The summed E-state index contributed by atoms with van der Waals surface area (Å²) in [5, 5.41) is 6.93. The van der Waals surface area contributed by atoms with Crippen molar-refractivity contribution in [3.05, 3.63) is 45.2 Å². The largest absolute Gasteiger partial charge is 0.397 e. The van der Waals surface area contributed by atoms with Crippen LogP contribution in [0.15, 0.2) is 29.6 Å². The molecular weight excluding hydrogens is 302 g/mol. The van der Waals surface area contributed by atoms with E-state index in [1.165, 1.54) is 11.3 Å². The van der Waals surface area contributed by atoms with Crippen molar-refractivity contribution in [1.29, 1.82) is 0 Å². The average Bonchev–Trinajstić information content (AvgIpc) is 3.03. The number of aryl methyl sites for hydroxylation is 1. The average molecular weight is 317 g/mol. The number of carbonyl (C=O) groups excluding carboxylic acids is 1. The number of nitrogen functional groups attached to an aromatic ring is 1. The number of nitrogens with zero attached hydrogens (tertiary/aromatic N) is 1. The Morgan fingerprint density at radius 3 is 2.90 bits per heavy atom. The normalized spacial score (nSPS) is 10.9. The van der Waals surface area contributed by atoms with Gasteiger partial charge in [-0.25, -0.2) is 4.98 Å². The van der Waals surface area contributed by atoms with E-state index in [0.717, 1.165) is 27.2 Å². The molecule has 108 valence electrons. The number of nitrogens with one attached hydrogen (secondary N) is 1. The van der Waals surface area contributed by atoms with Crippen LogP contribution in [0.2, 0.25) is 0 Å². The lowest BCUT2D eigenvalue weighted by atomic mass is 10.2. The van der Waals surface area contributed by atoms with E-state index in [1.807, 2.05) is 36.6 Å². The fraction of sp³-hybridized carbons (Fsp3) is 0.200. The maximum absolute atomic E-state index is 12.2. The predicted molar refractivity (Wildman–Crippen MR) is 89.1 cm³/mol. The van der Waals surface area contributed by atoms with Crippen LogP contribution in [-0.2, 0) is 6.42 Å². The predicted octanol–water partition coefficient (Wildman–Crippen LogP) is 3.22. The van der Waals surface area contributed by atoms with Crippen molar-refractivity contribution in [2.75, 3.05) is 12.3 Å². The van der Waals surface area contributed by atoms with Crippen LogP contribution >= 0.6 is 22.7 Å². The second-order valence-electron chi connectivity index (χ2n) is 4.70. The number of hydrogen-bond donors (Lipinski definition) is 2. The Hall–Kier alpha value is -1.92. The third kappa shape index (κ3) is 2.91. The lowest BCUT2D eigenvalue weighted by Crippen LogP contribution is -2.25. The summed E-state index contributed by atoms with van der Waals surface area (Å²) in [6.45, 7) is 2.54. The van der Waals surface area contributed by atoms with Gasteiger partial charge in [-0.2, -0.15) is 0 Å². The second-order valence-corrected chi connectivity index (χ2v) is 6.82. The number of benzene rings is 1. The molecule has 0 atom stereocenters.